The van der Waals surface area contributed by atoms with Crippen molar-refractivity contribution in [2.75, 3.05) is 17.6 Å². The van der Waals surface area contributed by atoms with Crippen LogP contribution >= 0.6 is 0 Å². The maximum Gasteiger partial charge on any atom is 0.180 e. The standard InChI is InChI=1S/C14H21NO2S/c1-2-11-18(16,17)14-6-4-3-5-13(14)15-10-9-12-7-8-12/h3-6,12,15H,2,7-11H2,1H3. The third-order valence-corrected chi connectivity index (χ3v) is 5.23. The first-order valence-corrected chi connectivity index (χ1v) is 8.34. The van der Waals surface area contributed by atoms with Crippen molar-refractivity contribution in [3.63, 3.8) is 0 Å². The molecule has 1 saturated carbocycles. The van der Waals surface area contributed by atoms with Gasteiger partial charge in [-0.25, -0.2) is 8.42 Å². The van der Waals surface area contributed by atoms with Crippen molar-refractivity contribution in [3.8, 4) is 0 Å². The van der Waals surface area contributed by atoms with Crippen LogP contribution in [-0.2, 0) is 9.84 Å². The SMILES string of the molecule is CCCS(=O)(=O)c1ccccc1NCCC1CC1. The van der Waals surface area contributed by atoms with Crippen LogP contribution in [0.5, 0.6) is 0 Å². The van der Waals surface area contributed by atoms with E-state index in [1.54, 1.807) is 12.1 Å². The Bertz CT molecular complexity index is 492. The molecule has 0 heterocycles. The summed E-state index contributed by atoms with van der Waals surface area (Å²) < 4.78 is 24.2. The van der Waals surface area contributed by atoms with E-state index in [1.807, 2.05) is 19.1 Å². The molecule has 4 heteroatoms. The molecular formula is C14H21NO2S. The van der Waals surface area contributed by atoms with Gasteiger partial charge < -0.3 is 5.32 Å². The van der Waals surface area contributed by atoms with Crippen LogP contribution in [0, 0.1) is 5.92 Å². The first-order valence-electron chi connectivity index (χ1n) is 6.69. The van der Waals surface area contributed by atoms with Crippen LogP contribution in [0.1, 0.15) is 32.6 Å². The summed E-state index contributed by atoms with van der Waals surface area (Å²) in [6.45, 7) is 2.75. The summed E-state index contributed by atoms with van der Waals surface area (Å²) in [6, 6.07) is 7.22. The van der Waals surface area contributed by atoms with Crippen LogP contribution < -0.4 is 5.32 Å². The van der Waals surface area contributed by atoms with Crippen LogP contribution in [0.4, 0.5) is 5.69 Å². The van der Waals surface area contributed by atoms with E-state index < -0.39 is 9.84 Å². The van der Waals surface area contributed by atoms with Crippen LogP contribution in [0.25, 0.3) is 0 Å². The zero-order valence-corrected chi connectivity index (χ0v) is 11.7. The first kappa shape index (κ1) is 13.4. The van der Waals surface area contributed by atoms with Gasteiger partial charge >= 0.3 is 0 Å². The van der Waals surface area contributed by atoms with E-state index >= 15 is 0 Å². The Morgan fingerprint density at radius 2 is 2.00 bits per heavy atom. The molecule has 0 unspecified atom stereocenters. The second-order valence-electron chi connectivity index (χ2n) is 4.97. The van der Waals surface area contributed by atoms with Gasteiger partial charge in [-0.15, -0.1) is 0 Å². The Balaban J connectivity index is 2.08. The summed E-state index contributed by atoms with van der Waals surface area (Å²) in [6.07, 6.45) is 4.45. The van der Waals surface area contributed by atoms with Gasteiger partial charge in [0, 0.05) is 6.54 Å². The number of nitrogens with one attached hydrogen (secondary N) is 1. The molecule has 0 saturated heterocycles. The molecule has 0 atom stereocenters. The fourth-order valence-corrected chi connectivity index (χ4v) is 3.60. The largest absolute Gasteiger partial charge is 0.384 e. The fourth-order valence-electron chi connectivity index (χ4n) is 2.08. The summed E-state index contributed by atoms with van der Waals surface area (Å²) in [5, 5.41) is 3.27. The molecule has 3 nitrogen and oxygen atoms in total. The molecule has 2 rings (SSSR count). The Labute approximate surface area is 110 Å². The van der Waals surface area contributed by atoms with Gasteiger partial charge in [0.15, 0.2) is 9.84 Å². The molecule has 0 aliphatic heterocycles. The molecule has 18 heavy (non-hydrogen) atoms. The van der Waals surface area contributed by atoms with E-state index in [0.717, 1.165) is 24.6 Å². The van der Waals surface area contributed by atoms with Crippen LogP contribution in [-0.4, -0.2) is 20.7 Å². The van der Waals surface area contributed by atoms with Gasteiger partial charge in [-0.05, 0) is 30.9 Å². The maximum atomic E-state index is 12.1. The molecule has 100 valence electrons. The molecule has 1 aromatic carbocycles. The minimum absolute atomic E-state index is 0.217. The van der Waals surface area contributed by atoms with Crippen molar-refractivity contribution in [1.29, 1.82) is 0 Å². The normalized spacial score (nSPS) is 15.6. The molecule has 1 aliphatic rings. The van der Waals surface area contributed by atoms with Gasteiger partial charge in [0.1, 0.15) is 0 Å². The van der Waals surface area contributed by atoms with Crippen LogP contribution in [0.3, 0.4) is 0 Å². The summed E-state index contributed by atoms with van der Waals surface area (Å²) in [5.74, 6) is 1.07. The van der Waals surface area contributed by atoms with Crippen molar-refractivity contribution in [2.45, 2.75) is 37.5 Å². The molecule has 1 aliphatic carbocycles. The second-order valence-corrected chi connectivity index (χ2v) is 7.05. The third-order valence-electron chi connectivity index (χ3n) is 3.26. The Kier molecular flexibility index (Phi) is 4.27. The molecule has 0 amide bonds. The zero-order chi connectivity index (χ0) is 13.0. The average molecular weight is 267 g/mol. The molecule has 0 bridgehead atoms. The van der Waals surface area contributed by atoms with E-state index in [0.29, 0.717) is 11.3 Å². The Morgan fingerprint density at radius 1 is 1.28 bits per heavy atom. The van der Waals surface area contributed by atoms with Gasteiger partial charge in [-0.3, -0.25) is 0 Å². The first-order chi connectivity index (χ1) is 8.63. The minimum atomic E-state index is -3.14. The highest BCUT2D eigenvalue weighted by Crippen LogP contribution is 2.32. The smallest absolute Gasteiger partial charge is 0.180 e. The zero-order valence-electron chi connectivity index (χ0n) is 10.9. The topological polar surface area (TPSA) is 46.2 Å². The van der Waals surface area contributed by atoms with E-state index in [4.69, 9.17) is 0 Å². The predicted octanol–water partition coefficient (Wildman–Crippen LogP) is 3.08. The molecule has 1 aromatic rings. The van der Waals surface area contributed by atoms with E-state index in [9.17, 15) is 8.42 Å². The summed E-state index contributed by atoms with van der Waals surface area (Å²) >= 11 is 0. The number of para-hydroxylation sites is 1. The van der Waals surface area contributed by atoms with Crippen LogP contribution in [0.2, 0.25) is 0 Å². The summed E-state index contributed by atoms with van der Waals surface area (Å²) in [4.78, 5) is 0.447. The molecule has 1 N–H and O–H groups in total. The third kappa shape index (κ3) is 3.48. The molecule has 0 radical (unpaired) electrons. The predicted molar refractivity (Wildman–Crippen MR) is 74.6 cm³/mol. The molecule has 1 fully saturated rings. The van der Waals surface area contributed by atoms with Gasteiger partial charge in [0.25, 0.3) is 0 Å². The van der Waals surface area contributed by atoms with Gasteiger partial charge in [-0.2, -0.15) is 0 Å². The quantitative estimate of drug-likeness (QED) is 0.825. The molecule has 0 aromatic heterocycles. The lowest BCUT2D eigenvalue weighted by Crippen LogP contribution is -2.11. The number of hydrogen-bond acceptors (Lipinski definition) is 3. The average Bonchev–Trinajstić information content (AvgIpc) is 3.13. The van der Waals surface area contributed by atoms with Gasteiger partial charge in [-0.1, -0.05) is 31.9 Å². The van der Waals surface area contributed by atoms with Crippen molar-refractivity contribution >= 4 is 15.5 Å². The van der Waals surface area contributed by atoms with Crippen LogP contribution in [0.15, 0.2) is 29.2 Å². The number of hydrogen-bond donors (Lipinski definition) is 1. The number of sulfone groups is 1. The second kappa shape index (κ2) is 5.74. The lowest BCUT2D eigenvalue weighted by Gasteiger charge is -2.12. The van der Waals surface area contributed by atoms with Crippen molar-refractivity contribution in [3.05, 3.63) is 24.3 Å². The number of benzene rings is 1. The maximum absolute atomic E-state index is 12.1. The monoisotopic (exact) mass is 267 g/mol. The van der Waals surface area contributed by atoms with E-state index in [2.05, 4.69) is 5.32 Å². The Hall–Kier alpha value is -1.03. The van der Waals surface area contributed by atoms with Crippen molar-refractivity contribution in [1.82, 2.24) is 0 Å². The fraction of sp³-hybridized carbons (Fsp3) is 0.571. The lowest BCUT2D eigenvalue weighted by atomic mass is 10.2. The Morgan fingerprint density at radius 3 is 2.67 bits per heavy atom. The highest BCUT2D eigenvalue weighted by molar-refractivity contribution is 7.91. The van der Waals surface area contributed by atoms with Crippen molar-refractivity contribution in [2.24, 2.45) is 5.92 Å². The van der Waals surface area contributed by atoms with Gasteiger partial charge in [0.05, 0.1) is 16.3 Å². The number of anilines is 1. The summed E-state index contributed by atoms with van der Waals surface area (Å²) in [5.41, 5.74) is 0.756. The lowest BCUT2D eigenvalue weighted by molar-refractivity contribution is 0.595. The molecular weight excluding hydrogens is 246 g/mol. The minimum Gasteiger partial charge on any atom is -0.384 e. The van der Waals surface area contributed by atoms with Gasteiger partial charge in [0.2, 0.25) is 0 Å². The molecule has 0 spiro atoms. The van der Waals surface area contributed by atoms with Crippen molar-refractivity contribution < 1.29 is 8.42 Å². The van der Waals surface area contributed by atoms with E-state index in [-0.39, 0.29) is 5.75 Å². The van der Waals surface area contributed by atoms with E-state index in [1.165, 1.54) is 12.8 Å². The highest BCUT2D eigenvalue weighted by Gasteiger charge is 2.21. The number of rotatable bonds is 7. The summed E-state index contributed by atoms with van der Waals surface area (Å²) in [7, 11) is -3.14. The highest BCUT2D eigenvalue weighted by atomic mass is 32.2.